The fourth-order valence-corrected chi connectivity index (χ4v) is 1.66. The first-order chi connectivity index (χ1) is 7.81. The SMILES string of the molecule is NCCNCCN.[Na+].[O-]P1OCCCCCO1. The minimum atomic E-state index is -1.79. The molecule has 0 aliphatic carbocycles. The van der Waals surface area contributed by atoms with E-state index in [1.54, 1.807) is 0 Å². The first kappa shape index (κ1) is 20.5. The molecule has 0 aromatic heterocycles. The van der Waals surface area contributed by atoms with Gasteiger partial charge in [0.05, 0.1) is 21.8 Å². The molecule has 1 saturated heterocycles. The molecule has 1 rings (SSSR count). The molecule has 1 fully saturated rings. The summed E-state index contributed by atoms with van der Waals surface area (Å²) in [6.45, 7) is 4.29. The van der Waals surface area contributed by atoms with Crippen molar-refractivity contribution in [2.45, 2.75) is 19.3 Å². The zero-order valence-electron chi connectivity index (χ0n) is 10.7. The molecule has 0 unspecified atom stereocenters. The van der Waals surface area contributed by atoms with Crippen LogP contribution in [0.4, 0.5) is 0 Å². The van der Waals surface area contributed by atoms with Gasteiger partial charge in [-0.1, -0.05) is 0 Å². The Labute approximate surface area is 127 Å². The van der Waals surface area contributed by atoms with Crippen molar-refractivity contribution >= 4 is 8.60 Å². The van der Waals surface area contributed by atoms with Crippen molar-refractivity contribution in [1.82, 2.24) is 5.32 Å². The maximum absolute atomic E-state index is 10.5. The smallest absolute Gasteiger partial charge is 0.786 e. The number of nitrogens with one attached hydrogen (secondary N) is 1. The van der Waals surface area contributed by atoms with Crippen LogP contribution in [0.3, 0.4) is 0 Å². The minimum absolute atomic E-state index is 0. The largest absolute Gasteiger partial charge is 1.00 e. The van der Waals surface area contributed by atoms with Gasteiger partial charge in [0, 0.05) is 26.2 Å². The molecular weight excluding hydrogens is 252 g/mol. The normalized spacial score (nSPS) is 17.1. The summed E-state index contributed by atoms with van der Waals surface area (Å²) in [6, 6.07) is 0. The zero-order valence-corrected chi connectivity index (χ0v) is 13.6. The van der Waals surface area contributed by atoms with Gasteiger partial charge in [0.1, 0.15) is 0 Å². The molecule has 17 heavy (non-hydrogen) atoms. The maximum atomic E-state index is 10.5. The number of hydrogen-bond acceptors (Lipinski definition) is 6. The molecule has 1 heterocycles. The van der Waals surface area contributed by atoms with Crippen molar-refractivity contribution in [3.05, 3.63) is 0 Å². The summed E-state index contributed by atoms with van der Waals surface area (Å²) in [6.07, 6.45) is 3.12. The van der Waals surface area contributed by atoms with Gasteiger partial charge >= 0.3 is 29.6 Å². The van der Waals surface area contributed by atoms with Crippen LogP contribution < -0.4 is 51.2 Å². The van der Waals surface area contributed by atoms with Gasteiger partial charge in [0.25, 0.3) is 0 Å². The molecule has 1 aliphatic heterocycles. The maximum Gasteiger partial charge on any atom is 1.00 e. The first-order valence-corrected chi connectivity index (χ1v) is 6.74. The van der Waals surface area contributed by atoms with Gasteiger partial charge < -0.3 is 30.7 Å². The van der Waals surface area contributed by atoms with Crippen LogP contribution in [0.15, 0.2) is 0 Å². The van der Waals surface area contributed by atoms with Gasteiger partial charge in [-0.3, -0.25) is 0 Å². The molecule has 0 spiro atoms. The summed E-state index contributed by atoms with van der Waals surface area (Å²) < 4.78 is 9.54. The molecule has 0 aromatic rings. The van der Waals surface area contributed by atoms with E-state index in [1.165, 1.54) is 0 Å². The van der Waals surface area contributed by atoms with Crippen LogP contribution in [0.25, 0.3) is 0 Å². The summed E-state index contributed by atoms with van der Waals surface area (Å²) in [5, 5.41) is 3.03. The second kappa shape index (κ2) is 17.2. The zero-order chi connectivity index (χ0) is 12.1. The van der Waals surface area contributed by atoms with Crippen molar-refractivity contribution in [2.75, 3.05) is 39.4 Å². The predicted octanol–water partition coefficient (Wildman–Crippen LogP) is -3.71. The van der Waals surface area contributed by atoms with Gasteiger partial charge in [0.2, 0.25) is 0 Å². The molecule has 0 radical (unpaired) electrons. The molecule has 0 bridgehead atoms. The minimum Gasteiger partial charge on any atom is -0.786 e. The van der Waals surface area contributed by atoms with Crippen LogP contribution in [0.1, 0.15) is 19.3 Å². The average molecular weight is 275 g/mol. The Hall–Kier alpha value is 1.19. The van der Waals surface area contributed by atoms with E-state index < -0.39 is 8.60 Å². The van der Waals surface area contributed by atoms with Crippen molar-refractivity contribution < 1.29 is 43.5 Å². The fourth-order valence-electron chi connectivity index (χ4n) is 1.03. The van der Waals surface area contributed by atoms with Crippen molar-refractivity contribution in [3.8, 4) is 0 Å². The summed E-state index contributed by atoms with van der Waals surface area (Å²) in [5.41, 5.74) is 10.3. The van der Waals surface area contributed by atoms with Crippen LogP contribution in [0.2, 0.25) is 0 Å². The monoisotopic (exact) mass is 275 g/mol. The Kier molecular flexibility index (Phi) is 20.7. The molecule has 8 heteroatoms. The third-order valence-corrected chi connectivity index (χ3v) is 2.61. The second-order valence-electron chi connectivity index (χ2n) is 3.28. The summed E-state index contributed by atoms with van der Waals surface area (Å²) in [7, 11) is -1.79. The Morgan fingerprint density at radius 1 is 1.00 bits per heavy atom. The first-order valence-electron chi connectivity index (χ1n) is 5.65. The average Bonchev–Trinajstić information content (AvgIpc) is 2.25. The standard InChI is InChI=1S/C5H10O3P.C4H13N3.Na/c6-9-7-4-2-1-3-5-8-9;5-1-3-7-4-2-6;/h1-5H2;7H,1-6H2;/q-1;;+1. The number of nitrogens with two attached hydrogens (primary N) is 2. The van der Waals surface area contributed by atoms with E-state index in [0.29, 0.717) is 26.3 Å². The molecule has 6 nitrogen and oxygen atoms in total. The molecule has 98 valence electrons. The van der Waals surface area contributed by atoms with E-state index in [0.717, 1.165) is 32.4 Å². The van der Waals surface area contributed by atoms with Gasteiger partial charge in [-0.2, -0.15) is 0 Å². The molecule has 5 N–H and O–H groups in total. The molecule has 0 aromatic carbocycles. The molecule has 0 amide bonds. The predicted molar refractivity (Wildman–Crippen MR) is 63.7 cm³/mol. The Balaban J connectivity index is 0. The Morgan fingerprint density at radius 3 is 1.88 bits per heavy atom. The van der Waals surface area contributed by atoms with Crippen LogP contribution in [0.5, 0.6) is 0 Å². The van der Waals surface area contributed by atoms with Crippen molar-refractivity contribution in [1.29, 1.82) is 0 Å². The second-order valence-corrected chi connectivity index (χ2v) is 4.24. The summed E-state index contributed by atoms with van der Waals surface area (Å²) in [5.74, 6) is 0. The summed E-state index contributed by atoms with van der Waals surface area (Å²) in [4.78, 5) is 10.5. The molecule has 0 saturated carbocycles. The molecule has 0 atom stereocenters. The van der Waals surface area contributed by atoms with Crippen molar-refractivity contribution in [3.63, 3.8) is 0 Å². The van der Waals surface area contributed by atoms with E-state index in [4.69, 9.17) is 20.5 Å². The van der Waals surface area contributed by atoms with Gasteiger partial charge in [-0.05, 0) is 19.3 Å². The van der Waals surface area contributed by atoms with Crippen LogP contribution in [-0.4, -0.2) is 39.4 Å². The van der Waals surface area contributed by atoms with Crippen molar-refractivity contribution in [2.24, 2.45) is 11.5 Å². The van der Waals surface area contributed by atoms with E-state index in [-0.39, 0.29) is 29.6 Å². The van der Waals surface area contributed by atoms with Gasteiger partial charge in [-0.25, -0.2) is 0 Å². The van der Waals surface area contributed by atoms with Crippen LogP contribution in [0, 0.1) is 0 Å². The van der Waals surface area contributed by atoms with Gasteiger partial charge in [0.15, 0.2) is 0 Å². The van der Waals surface area contributed by atoms with E-state index in [1.807, 2.05) is 0 Å². The Morgan fingerprint density at radius 2 is 1.47 bits per heavy atom. The number of rotatable bonds is 4. The van der Waals surface area contributed by atoms with Gasteiger partial charge in [-0.15, -0.1) is 0 Å². The van der Waals surface area contributed by atoms with E-state index >= 15 is 0 Å². The fraction of sp³-hybridized carbons (Fsp3) is 1.00. The van der Waals surface area contributed by atoms with Crippen LogP contribution >= 0.6 is 8.60 Å². The number of hydrogen-bond donors (Lipinski definition) is 3. The quantitative estimate of drug-likeness (QED) is 0.277. The Bertz CT molecular complexity index is 137. The molecular formula is C9H23N3NaO3P. The van der Waals surface area contributed by atoms with E-state index in [2.05, 4.69) is 5.32 Å². The third-order valence-electron chi connectivity index (χ3n) is 1.82. The topological polar surface area (TPSA) is 106 Å². The van der Waals surface area contributed by atoms with Crippen LogP contribution in [-0.2, 0) is 9.05 Å². The van der Waals surface area contributed by atoms with E-state index in [9.17, 15) is 4.89 Å². The third kappa shape index (κ3) is 17.2. The summed E-state index contributed by atoms with van der Waals surface area (Å²) >= 11 is 0. The molecule has 1 aliphatic rings.